The summed E-state index contributed by atoms with van der Waals surface area (Å²) in [5.41, 5.74) is -0.0883. The van der Waals surface area contributed by atoms with Gasteiger partial charge in [-0.3, -0.25) is 4.74 Å². The van der Waals surface area contributed by atoms with Crippen molar-refractivity contribution >= 4 is 0 Å². The Morgan fingerprint density at radius 3 is 2.71 bits per heavy atom. The van der Waals surface area contributed by atoms with Crippen molar-refractivity contribution in [3.8, 4) is 0 Å². The third kappa shape index (κ3) is 4.26. The highest BCUT2D eigenvalue weighted by molar-refractivity contribution is 4.91. The molecule has 0 amide bonds. The molecule has 6 heteroatoms. The van der Waals surface area contributed by atoms with Crippen molar-refractivity contribution in [3.63, 3.8) is 0 Å². The van der Waals surface area contributed by atoms with Gasteiger partial charge in [-0.1, -0.05) is 0 Å². The molecule has 1 unspecified atom stereocenters. The summed E-state index contributed by atoms with van der Waals surface area (Å²) in [5.74, 6) is 0. The number of halogens is 3. The van der Waals surface area contributed by atoms with Crippen molar-refractivity contribution in [1.82, 2.24) is 10.6 Å². The number of hydrogen-bond acceptors (Lipinski definition) is 3. The lowest BCUT2D eigenvalue weighted by molar-refractivity contribution is -0.323. The van der Waals surface area contributed by atoms with Gasteiger partial charge in [0.05, 0.1) is 6.61 Å². The van der Waals surface area contributed by atoms with Gasteiger partial charge >= 0.3 is 6.36 Å². The minimum Gasteiger partial charge on any atom is -0.315 e. The molecule has 1 atom stereocenters. The predicted molar refractivity (Wildman–Crippen MR) is 45.9 cm³/mol. The molecule has 0 bridgehead atoms. The molecule has 84 valence electrons. The van der Waals surface area contributed by atoms with Gasteiger partial charge in [0.25, 0.3) is 0 Å². The van der Waals surface area contributed by atoms with E-state index >= 15 is 0 Å². The van der Waals surface area contributed by atoms with Gasteiger partial charge in [0, 0.05) is 18.6 Å². The summed E-state index contributed by atoms with van der Waals surface area (Å²) >= 11 is 0. The van der Waals surface area contributed by atoms with E-state index in [1.807, 2.05) is 6.92 Å². The van der Waals surface area contributed by atoms with Crippen molar-refractivity contribution in [2.24, 2.45) is 0 Å². The quantitative estimate of drug-likeness (QED) is 0.678. The first kappa shape index (κ1) is 11.7. The van der Waals surface area contributed by atoms with Crippen LogP contribution in [-0.2, 0) is 4.74 Å². The van der Waals surface area contributed by atoms with Gasteiger partial charge in [0.2, 0.25) is 0 Å². The smallest absolute Gasteiger partial charge is 0.315 e. The highest BCUT2D eigenvalue weighted by atomic mass is 19.4. The fourth-order valence-electron chi connectivity index (χ4n) is 1.49. The molecule has 0 spiro atoms. The first-order chi connectivity index (χ1) is 6.41. The van der Waals surface area contributed by atoms with Gasteiger partial charge < -0.3 is 10.6 Å². The monoisotopic (exact) mass is 212 g/mol. The van der Waals surface area contributed by atoms with Crippen LogP contribution >= 0.6 is 0 Å². The van der Waals surface area contributed by atoms with Gasteiger partial charge in [-0.2, -0.15) is 0 Å². The van der Waals surface area contributed by atoms with Crippen molar-refractivity contribution in [1.29, 1.82) is 0 Å². The van der Waals surface area contributed by atoms with E-state index in [4.69, 9.17) is 0 Å². The summed E-state index contributed by atoms with van der Waals surface area (Å²) in [6, 6.07) is 0. The average Bonchev–Trinajstić information content (AvgIpc) is 2.45. The Kier molecular flexibility index (Phi) is 3.74. The van der Waals surface area contributed by atoms with Crippen LogP contribution in [0.2, 0.25) is 0 Å². The van der Waals surface area contributed by atoms with E-state index in [1.165, 1.54) is 0 Å². The van der Waals surface area contributed by atoms with Crippen LogP contribution in [0.25, 0.3) is 0 Å². The van der Waals surface area contributed by atoms with Gasteiger partial charge in [-0.05, 0) is 19.9 Å². The van der Waals surface area contributed by atoms with Crippen molar-refractivity contribution in [2.75, 3.05) is 26.2 Å². The SMILES string of the molecule is CC1(NCCOC(F)(F)F)CCNC1. The molecule has 1 heterocycles. The maximum Gasteiger partial charge on any atom is 0.522 e. The van der Waals surface area contributed by atoms with E-state index in [-0.39, 0.29) is 18.7 Å². The van der Waals surface area contributed by atoms with E-state index in [0.717, 1.165) is 19.5 Å². The Morgan fingerprint density at radius 2 is 2.21 bits per heavy atom. The molecule has 1 aliphatic heterocycles. The second-order valence-corrected chi connectivity index (χ2v) is 3.71. The van der Waals surface area contributed by atoms with Crippen LogP contribution in [0.1, 0.15) is 13.3 Å². The minimum atomic E-state index is -4.52. The van der Waals surface area contributed by atoms with Crippen LogP contribution in [0.5, 0.6) is 0 Å². The molecular weight excluding hydrogens is 197 g/mol. The Labute approximate surface area is 81.0 Å². The van der Waals surface area contributed by atoms with Crippen LogP contribution in [0, 0.1) is 0 Å². The molecule has 0 saturated carbocycles. The Bertz CT molecular complexity index is 178. The second-order valence-electron chi connectivity index (χ2n) is 3.71. The van der Waals surface area contributed by atoms with Crippen LogP contribution in [-0.4, -0.2) is 38.1 Å². The predicted octanol–water partition coefficient (Wildman–Crippen LogP) is 0.864. The van der Waals surface area contributed by atoms with Crippen molar-refractivity contribution in [2.45, 2.75) is 25.2 Å². The van der Waals surface area contributed by atoms with E-state index in [1.54, 1.807) is 0 Å². The third-order valence-electron chi connectivity index (χ3n) is 2.29. The number of alkyl halides is 3. The molecule has 0 aliphatic carbocycles. The average molecular weight is 212 g/mol. The maximum absolute atomic E-state index is 11.6. The van der Waals surface area contributed by atoms with E-state index in [9.17, 15) is 13.2 Å². The zero-order valence-electron chi connectivity index (χ0n) is 8.08. The molecule has 1 fully saturated rings. The topological polar surface area (TPSA) is 33.3 Å². The van der Waals surface area contributed by atoms with Gasteiger partial charge in [-0.25, -0.2) is 0 Å². The summed E-state index contributed by atoms with van der Waals surface area (Å²) < 4.78 is 38.4. The number of hydrogen-bond donors (Lipinski definition) is 2. The van der Waals surface area contributed by atoms with Crippen LogP contribution in [0.15, 0.2) is 0 Å². The number of rotatable bonds is 4. The lowest BCUT2D eigenvalue weighted by Crippen LogP contribution is -2.45. The standard InChI is InChI=1S/C8H15F3N2O/c1-7(2-3-12-6-7)13-4-5-14-8(9,10)11/h12-13H,2-6H2,1H3. The molecule has 1 aliphatic rings. The summed E-state index contributed by atoms with van der Waals surface area (Å²) in [4.78, 5) is 0. The van der Waals surface area contributed by atoms with Gasteiger partial charge in [0.1, 0.15) is 0 Å². The molecule has 0 radical (unpaired) electrons. The Balaban J connectivity index is 2.09. The van der Waals surface area contributed by atoms with Crippen LogP contribution in [0.4, 0.5) is 13.2 Å². The maximum atomic E-state index is 11.6. The van der Waals surface area contributed by atoms with Crippen molar-refractivity contribution in [3.05, 3.63) is 0 Å². The second kappa shape index (κ2) is 4.46. The van der Waals surface area contributed by atoms with Crippen molar-refractivity contribution < 1.29 is 17.9 Å². The fourth-order valence-corrected chi connectivity index (χ4v) is 1.49. The third-order valence-corrected chi connectivity index (χ3v) is 2.29. The largest absolute Gasteiger partial charge is 0.522 e. The van der Waals surface area contributed by atoms with E-state index in [0.29, 0.717) is 0 Å². The number of nitrogens with one attached hydrogen (secondary N) is 2. The fraction of sp³-hybridized carbons (Fsp3) is 1.00. The van der Waals surface area contributed by atoms with Gasteiger partial charge in [-0.15, -0.1) is 13.2 Å². The zero-order chi connectivity index (χ0) is 10.7. The lowest BCUT2D eigenvalue weighted by Gasteiger charge is -2.24. The molecule has 1 saturated heterocycles. The highest BCUT2D eigenvalue weighted by Gasteiger charge is 2.30. The summed E-state index contributed by atoms with van der Waals surface area (Å²) in [7, 11) is 0. The Hall–Kier alpha value is -0.330. The Morgan fingerprint density at radius 1 is 1.50 bits per heavy atom. The summed E-state index contributed by atoms with van der Waals surface area (Å²) in [6.45, 7) is 3.57. The molecule has 1 rings (SSSR count). The normalized spacial score (nSPS) is 28.3. The lowest BCUT2D eigenvalue weighted by atomic mass is 10.0. The van der Waals surface area contributed by atoms with Crippen LogP contribution < -0.4 is 10.6 Å². The summed E-state index contributed by atoms with van der Waals surface area (Å²) in [5, 5.41) is 6.19. The molecule has 3 nitrogen and oxygen atoms in total. The summed E-state index contributed by atoms with van der Waals surface area (Å²) in [6.07, 6.45) is -3.59. The minimum absolute atomic E-state index is 0.0883. The molecule has 2 N–H and O–H groups in total. The van der Waals surface area contributed by atoms with Crippen LogP contribution in [0.3, 0.4) is 0 Å². The highest BCUT2D eigenvalue weighted by Crippen LogP contribution is 2.16. The molecule has 0 aromatic heterocycles. The first-order valence-corrected chi connectivity index (χ1v) is 4.58. The zero-order valence-corrected chi connectivity index (χ0v) is 8.08. The first-order valence-electron chi connectivity index (χ1n) is 4.58. The number of ether oxygens (including phenoxy) is 1. The van der Waals surface area contributed by atoms with E-state index in [2.05, 4.69) is 15.4 Å². The van der Waals surface area contributed by atoms with Gasteiger partial charge in [0.15, 0.2) is 0 Å². The molecule has 0 aromatic carbocycles. The molecule has 0 aromatic rings. The molecule has 14 heavy (non-hydrogen) atoms. The molecular formula is C8H15F3N2O. The van der Waals surface area contributed by atoms with E-state index < -0.39 is 6.36 Å².